The molecule has 0 aliphatic carbocycles. The van der Waals surface area contributed by atoms with E-state index in [-0.39, 0.29) is 17.1 Å². The van der Waals surface area contributed by atoms with Gasteiger partial charge in [-0.2, -0.15) is 0 Å². The fourth-order valence-corrected chi connectivity index (χ4v) is 2.63. The second-order valence-corrected chi connectivity index (χ2v) is 6.92. The number of carbonyl (C=O) groups is 2. The molecule has 1 saturated heterocycles. The van der Waals surface area contributed by atoms with Crippen LogP contribution in [0, 0.1) is 10.1 Å². The summed E-state index contributed by atoms with van der Waals surface area (Å²) in [6, 6.07) is 3.16. The largest absolute Gasteiger partial charge is 0.495 e. The smallest absolute Gasteiger partial charge is 0.421 e. The van der Waals surface area contributed by atoms with E-state index in [1.54, 1.807) is 20.8 Å². The number of nitrogens with one attached hydrogen (secondary N) is 1. The van der Waals surface area contributed by atoms with E-state index in [1.807, 2.05) is 0 Å². The Morgan fingerprint density at radius 1 is 1.35 bits per heavy atom. The summed E-state index contributed by atoms with van der Waals surface area (Å²) in [7, 11) is 1.36. The molecule has 0 saturated carbocycles. The monoisotopic (exact) mass is 365 g/mol. The predicted octanol–water partition coefficient (Wildman–Crippen LogP) is 2.62. The number of carbonyl (C=O) groups excluding carboxylic acids is 2. The molecule has 2 amide bonds. The van der Waals surface area contributed by atoms with Crippen molar-refractivity contribution in [3.05, 3.63) is 28.3 Å². The number of nitro benzene ring substituents is 1. The molecule has 0 aromatic heterocycles. The lowest BCUT2D eigenvalue weighted by Gasteiger charge is -2.28. The van der Waals surface area contributed by atoms with Crippen LogP contribution in [0.25, 0.3) is 0 Å². The molecule has 0 bridgehead atoms. The average Bonchev–Trinajstić information content (AvgIpc) is 3.07. The van der Waals surface area contributed by atoms with Crippen molar-refractivity contribution in [3.8, 4) is 5.75 Å². The van der Waals surface area contributed by atoms with Crippen LogP contribution in [0.2, 0.25) is 0 Å². The summed E-state index contributed by atoms with van der Waals surface area (Å²) in [5.41, 5.74) is -1.12. The van der Waals surface area contributed by atoms with Gasteiger partial charge in [0.15, 0.2) is 0 Å². The molecule has 9 heteroatoms. The van der Waals surface area contributed by atoms with Crippen molar-refractivity contribution in [2.45, 2.75) is 45.3 Å². The highest BCUT2D eigenvalue weighted by Crippen LogP contribution is 2.34. The second-order valence-electron chi connectivity index (χ2n) is 6.92. The molecule has 1 aliphatic rings. The number of nitro groups is 1. The maximum atomic E-state index is 13.0. The summed E-state index contributed by atoms with van der Waals surface area (Å²) in [6.07, 6.45) is 0.454. The highest BCUT2D eigenvalue weighted by molar-refractivity contribution is 6.15. The quantitative estimate of drug-likeness (QED) is 0.645. The summed E-state index contributed by atoms with van der Waals surface area (Å²) in [4.78, 5) is 37.0. The SMILES string of the molecule is COc1ccc([N+](=O)[O-])cc1N(C(=O)OC(C)(C)C)C(=O)[C@@H]1CCCN1. The first-order valence-corrected chi connectivity index (χ1v) is 8.27. The third-order valence-electron chi connectivity index (χ3n) is 3.77. The van der Waals surface area contributed by atoms with Gasteiger partial charge in [0.1, 0.15) is 17.0 Å². The van der Waals surface area contributed by atoms with Crippen LogP contribution >= 0.6 is 0 Å². The van der Waals surface area contributed by atoms with Crippen LogP contribution in [0.3, 0.4) is 0 Å². The Morgan fingerprint density at radius 2 is 2.04 bits per heavy atom. The molecule has 0 unspecified atom stereocenters. The number of nitrogens with zero attached hydrogens (tertiary/aromatic N) is 2. The minimum absolute atomic E-state index is 0.0188. The molecule has 9 nitrogen and oxygen atoms in total. The van der Waals surface area contributed by atoms with Crippen molar-refractivity contribution in [3.63, 3.8) is 0 Å². The molecule has 1 aliphatic heterocycles. The molecule has 1 fully saturated rings. The molecule has 0 spiro atoms. The molecule has 1 N–H and O–H groups in total. The third kappa shape index (κ3) is 4.48. The first-order valence-electron chi connectivity index (χ1n) is 8.27. The highest BCUT2D eigenvalue weighted by atomic mass is 16.6. The molecule has 0 radical (unpaired) electrons. The van der Waals surface area contributed by atoms with Gasteiger partial charge in [0.2, 0.25) is 0 Å². The predicted molar refractivity (Wildman–Crippen MR) is 94.4 cm³/mol. The average molecular weight is 365 g/mol. The van der Waals surface area contributed by atoms with E-state index in [4.69, 9.17) is 9.47 Å². The number of anilines is 1. The van der Waals surface area contributed by atoms with E-state index >= 15 is 0 Å². The van der Waals surface area contributed by atoms with Crippen LogP contribution in [0.5, 0.6) is 5.75 Å². The Balaban J connectivity index is 2.51. The zero-order chi connectivity index (χ0) is 19.5. The van der Waals surface area contributed by atoms with Gasteiger partial charge in [-0.3, -0.25) is 14.9 Å². The van der Waals surface area contributed by atoms with E-state index in [1.165, 1.54) is 19.2 Å². The van der Waals surface area contributed by atoms with E-state index in [9.17, 15) is 19.7 Å². The maximum Gasteiger partial charge on any atom is 0.421 e. The lowest BCUT2D eigenvalue weighted by molar-refractivity contribution is -0.384. The molecular formula is C17H23N3O6. The lowest BCUT2D eigenvalue weighted by atomic mass is 10.1. The van der Waals surface area contributed by atoms with Gasteiger partial charge in [-0.1, -0.05) is 0 Å². The van der Waals surface area contributed by atoms with Gasteiger partial charge in [0.05, 0.1) is 18.1 Å². The zero-order valence-corrected chi connectivity index (χ0v) is 15.3. The van der Waals surface area contributed by atoms with E-state index < -0.39 is 28.6 Å². The lowest BCUT2D eigenvalue weighted by Crippen LogP contribution is -2.48. The minimum Gasteiger partial charge on any atom is -0.495 e. The number of ether oxygens (including phenoxy) is 2. The molecule has 1 aromatic rings. The topological polar surface area (TPSA) is 111 Å². The van der Waals surface area contributed by atoms with Crippen LogP contribution in [-0.4, -0.2) is 42.2 Å². The summed E-state index contributed by atoms with van der Waals surface area (Å²) >= 11 is 0. The highest BCUT2D eigenvalue weighted by Gasteiger charge is 2.36. The summed E-state index contributed by atoms with van der Waals surface area (Å²) in [5, 5.41) is 14.2. The maximum absolute atomic E-state index is 13.0. The number of imide groups is 1. The van der Waals surface area contributed by atoms with Crippen molar-refractivity contribution in [1.29, 1.82) is 0 Å². The molecular weight excluding hydrogens is 342 g/mol. The molecule has 1 aromatic carbocycles. The van der Waals surface area contributed by atoms with Gasteiger partial charge in [-0.25, -0.2) is 9.69 Å². The first kappa shape index (κ1) is 19.6. The Bertz CT molecular complexity index is 707. The third-order valence-corrected chi connectivity index (χ3v) is 3.77. The number of amides is 2. The number of rotatable bonds is 4. The van der Waals surface area contributed by atoms with Crippen LogP contribution in [-0.2, 0) is 9.53 Å². The van der Waals surface area contributed by atoms with Crippen LogP contribution < -0.4 is 15.0 Å². The van der Waals surface area contributed by atoms with Crippen molar-refractivity contribution >= 4 is 23.4 Å². The van der Waals surface area contributed by atoms with Gasteiger partial charge in [0, 0.05) is 12.1 Å². The number of non-ortho nitro benzene ring substituents is 1. The van der Waals surface area contributed by atoms with Crippen molar-refractivity contribution < 1.29 is 24.0 Å². The standard InChI is InChI=1S/C17H23N3O6/c1-17(2,3)26-16(22)19(15(21)12-6-5-9-18-12)13-10-11(20(23)24)7-8-14(13)25-4/h7-8,10,12,18H,5-6,9H2,1-4H3/t12-/m0/s1. The van der Waals surface area contributed by atoms with E-state index in [0.717, 1.165) is 17.4 Å². The summed E-state index contributed by atoms with van der Waals surface area (Å²) < 4.78 is 10.6. The number of hydrogen-bond donors (Lipinski definition) is 1. The fourth-order valence-electron chi connectivity index (χ4n) is 2.63. The van der Waals surface area contributed by atoms with Gasteiger partial charge in [-0.15, -0.1) is 0 Å². The van der Waals surface area contributed by atoms with E-state index in [2.05, 4.69) is 5.32 Å². The van der Waals surface area contributed by atoms with Crippen LogP contribution in [0.1, 0.15) is 33.6 Å². The number of hydrogen-bond acceptors (Lipinski definition) is 7. The molecule has 1 heterocycles. The van der Waals surface area contributed by atoms with Crippen molar-refractivity contribution in [2.75, 3.05) is 18.6 Å². The van der Waals surface area contributed by atoms with E-state index in [0.29, 0.717) is 13.0 Å². The van der Waals surface area contributed by atoms with Crippen LogP contribution in [0.15, 0.2) is 18.2 Å². The Labute approximate surface area is 151 Å². The van der Waals surface area contributed by atoms with Crippen molar-refractivity contribution in [1.82, 2.24) is 5.32 Å². The zero-order valence-electron chi connectivity index (χ0n) is 15.3. The Kier molecular flexibility index (Phi) is 5.81. The fraction of sp³-hybridized carbons (Fsp3) is 0.529. The summed E-state index contributed by atoms with van der Waals surface area (Å²) in [6.45, 7) is 5.68. The van der Waals surface area contributed by atoms with Gasteiger partial charge >= 0.3 is 6.09 Å². The first-order chi connectivity index (χ1) is 12.1. The van der Waals surface area contributed by atoms with Gasteiger partial charge < -0.3 is 14.8 Å². The molecule has 26 heavy (non-hydrogen) atoms. The Hall–Kier alpha value is -2.68. The summed E-state index contributed by atoms with van der Waals surface area (Å²) in [5.74, 6) is -0.372. The van der Waals surface area contributed by atoms with Crippen molar-refractivity contribution in [2.24, 2.45) is 0 Å². The van der Waals surface area contributed by atoms with Gasteiger partial charge in [-0.05, 0) is 46.2 Å². The second kappa shape index (κ2) is 7.69. The minimum atomic E-state index is -0.907. The normalized spacial score (nSPS) is 16.8. The molecule has 1 atom stereocenters. The van der Waals surface area contributed by atoms with Gasteiger partial charge in [0.25, 0.3) is 11.6 Å². The number of methoxy groups -OCH3 is 1. The molecule has 2 rings (SSSR count). The van der Waals surface area contributed by atoms with Crippen LogP contribution in [0.4, 0.5) is 16.2 Å². The Morgan fingerprint density at radius 3 is 2.54 bits per heavy atom. The molecule has 142 valence electrons. The number of benzene rings is 1.